The van der Waals surface area contributed by atoms with Gasteiger partial charge in [-0.25, -0.2) is 9.67 Å². The van der Waals surface area contributed by atoms with E-state index < -0.39 is 0 Å². The van der Waals surface area contributed by atoms with E-state index in [0.717, 1.165) is 30.2 Å². The van der Waals surface area contributed by atoms with Crippen LogP contribution in [0.1, 0.15) is 11.3 Å². The summed E-state index contributed by atoms with van der Waals surface area (Å²) in [5, 5.41) is 7.70. The summed E-state index contributed by atoms with van der Waals surface area (Å²) in [6.07, 6.45) is 3.71. The molecule has 0 radical (unpaired) electrons. The van der Waals surface area contributed by atoms with E-state index >= 15 is 0 Å². The van der Waals surface area contributed by atoms with Crippen LogP contribution in [0.3, 0.4) is 0 Å². The van der Waals surface area contributed by atoms with E-state index in [2.05, 4.69) is 21.5 Å². The van der Waals surface area contributed by atoms with Crippen molar-refractivity contribution in [2.45, 2.75) is 13.5 Å². The average Bonchev–Trinajstić information content (AvgIpc) is 2.82. The van der Waals surface area contributed by atoms with E-state index in [1.807, 2.05) is 29.9 Å². The number of methoxy groups -OCH3 is 1. The van der Waals surface area contributed by atoms with Crippen LogP contribution in [-0.4, -0.2) is 35.0 Å². The van der Waals surface area contributed by atoms with Gasteiger partial charge in [-0.1, -0.05) is 6.07 Å². The molecule has 0 unspecified atom stereocenters. The summed E-state index contributed by atoms with van der Waals surface area (Å²) in [5.41, 5.74) is 2.11. The second-order valence-corrected chi connectivity index (χ2v) is 4.06. The predicted octanol–water partition coefficient (Wildman–Crippen LogP) is 1.31. The molecule has 96 valence electrons. The molecule has 0 aliphatic carbocycles. The molecule has 0 spiro atoms. The van der Waals surface area contributed by atoms with E-state index in [4.69, 9.17) is 4.74 Å². The van der Waals surface area contributed by atoms with E-state index in [-0.39, 0.29) is 0 Å². The standard InChI is InChI=1S/C13H18N4O/c1-11-5-8-17(16-11)13-12(4-3-6-15-13)10-14-7-9-18-2/h3-6,8,14H,7,9-10H2,1-2H3. The fraction of sp³-hybridized carbons (Fsp3) is 0.385. The van der Waals surface area contributed by atoms with Gasteiger partial charge in [-0.05, 0) is 19.1 Å². The Balaban J connectivity index is 2.10. The van der Waals surface area contributed by atoms with Gasteiger partial charge in [0.05, 0.1) is 12.3 Å². The van der Waals surface area contributed by atoms with Crippen LogP contribution in [-0.2, 0) is 11.3 Å². The predicted molar refractivity (Wildman–Crippen MR) is 69.7 cm³/mol. The maximum Gasteiger partial charge on any atom is 0.157 e. The molecule has 5 heteroatoms. The largest absolute Gasteiger partial charge is 0.383 e. The van der Waals surface area contributed by atoms with Crippen molar-refractivity contribution in [3.63, 3.8) is 0 Å². The molecule has 0 saturated carbocycles. The Kier molecular flexibility index (Phi) is 4.44. The summed E-state index contributed by atoms with van der Waals surface area (Å²) in [6, 6.07) is 5.96. The Morgan fingerprint density at radius 3 is 3.00 bits per heavy atom. The van der Waals surface area contributed by atoms with Crippen LogP contribution in [0.5, 0.6) is 0 Å². The Morgan fingerprint density at radius 1 is 1.39 bits per heavy atom. The number of rotatable bonds is 6. The van der Waals surface area contributed by atoms with Crippen molar-refractivity contribution < 1.29 is 4.74 Å². The van der Waals surface area contributed by atoms with E-state index in [9.17, 15) is 0 Å². The van der Waals surface area contributed by atoms with Gasteiger partial charge in [0.25, 0.3) is 0 Å². The SMILES string of the molecule is COCCNCc1cccnc1-n1ccc(C)n1. The van der Waals surface area contributed by atoms with Crippen molar-refractivity contribution in [3.05, 3.63) is 41.9 Å². The molecule has 1 N–H and O–H groups in total. The molecule has 0 atom stereocenters. The number of aromatic nitrogens is 3. The van der Waals surface area contributed by atoms with Gasteiger partial charge < -0.3 is 10.1 Å². The number of nitrogens with zero attached hydrogens (tertiary/aromatic N) is 3. The maximum absolute atomic E-state index is 5.00. The zero-order valence-corrected chi connectivity index (χ0v) is 10.8. The van der Waals surface area contributed by atoms with Crippen molar-refractivity contribution in [2.75, 3.05) is 20.3 Å². The molecule has 2 rings (SSSR count). The van der Waals surface area contributed by atoms with Crippen LogP contribution in [0.2, 0.25) is 0 Å². The molecule has 0 aliphatic rings. The lowest BCUT2D eigenvalue weighted by Crippen LogP contribution is -2.20. The lowest BCUT2D eigenvalue weighted by Gasteiger charge is -2.09. The summed E-state index contributed by atoms with van der Waals surface area (Å²) in [6.45, 7) is 4.25. The fourth-order valence-electron chi connectivity index (χ4n) is 1.70. The number of hydrogen-bond acceptors (Lipinski definition) is 4. The molecular formula is C13H18N4O. The Hall–Kier alpha value is -1.72. The summed E-state index contributed by atoms with van der Waals surface area (Å²) < 4.78 is 6.81. The zero-order chi connectivity index (χ0) is 12.8. The highest BCUT2D eigenvalue weighted by atomic mass is 16.5. The summed E-state index contributed by atoms with van der Waals surface area (Å²) in [7, 11) is 1.70. The fourth-order valence-corrected chi connectivity index (χ4v) is 1.70. The highest BCUT2D eigenvalue weighted by Gasteiger charge is 2.06. The lowest BCUT2D eigenvalue weighted by atomic mass is 10.2. The molecule has 0 bridgehead atoms. The first-order valence-corrected chi connectivity index (χ1v) is 5.97. The van der Waals surface area contributed by atoms with E-state index in [1.54, 1.807) is 13.3 Å². The maximum atomic E-state index is 5.00. The number of ether oxygens (including phenoxy) is 1. The lowest BCUT2D eigenvalue weighted by molar-refractivity contribution is 0.199. The highest BCUT2D eigenvalue weighted by molar-refractivity contribution is 5.32. The zero-order valence-electron chi connectivity index (χ0n) is 10.8. The number of nitrogens with one attached hydrogen (secondary N) is 1. The van der Waals surface area contributed by atoms with Crippen LogP contribution >= 0.6 is 0 Å². The van der Waals surface area contributed by atoms with E-state index in [0.29, 0.717) is 6.61 Å². The van der Waals surface area contributed by atoms with Gasteiger partial charge in [0.1, 0.15) is 0 Å². The van der Waals surface area contributed by atoms with Crippen LogP contribution < -0.4 is 5.32 Å². The van der Waals surface area contributed by atoms with Gasteiger partial charge in [-0.2, -0.15) is 5.10 Å². The van der Waals surface area contributed by atoms with E-state index in [1.165, 1.54) is 0 Å². The van der Waals surface area contributed by atoms with Crippen molar-refractivity contribution >= 4 is 0 Å². The summed E-state index contributed by atoms with van der Waals surface area (Å²) in [4.78, 5) is 4.39. The molecule has 0 aromatic carbocycles. The molecule has 0 amide bonds. The Labute approximate surface area is 107 Å². The third kappa shape index (κ3) is 3.15. The average molecular weight is 246 g/mol. The minimum absolute atomic E-state index is 0.705. The molecule has 5 nitrogen and oxygen atoms in total. The Bertz CT molecular complexity index is 495. The number of pyridine rings is 1. The second kappa shape index (κ2) is 6.28. The summed E-state index contributed by atoms with van der Waals surface area (Å²) >= 11 is 0. The first-order chi connectivity index (χ1) is 8.81. The summed E-state index contributed by atoms with van der Waals surface area (Å²) in [5.74, 6) is 0.871. The molecule has 2 aromatic rings. The van der Waals surface area contributed by atoms with Crippen molar-refractivity contribution in [2.24, 2.45) is 0 Å². The molecule has 0 fully saturated rings. The van der Waals surface area contributed by atoms with Crippen LogP contribution in [0.4, 0.5) is 0 Å². The van der Waals surface area contributed by atoms with Crippen LogP contribution in [0, 0.1) is 6.92 Å². The minimum Gasteiger partial charge on any atom is -0.383 e. The van der Waals surface area contributed by atoms with Gasteiger partial charge in [0.2, 0.25) is 0 Å². The second-order valence-electron chi connectivity index (χ2n) is 4.06. The van der Waals surface area contributed by atoms with Gasteiger partial charge in [-0.15, -0.1) is 0 Å². The number of aryl methyl sites for hydroxylation is 1. The third-order valence-electron chi connectivity index (χ3n) is 2.61. The molecular weight excluding hydrogens is 228 g/mol. The smallest absolute Gasteiger partial charge is 0.157 e. The first kappa shape index (κ1) is 12.7. The monoisotopic (exact) mass is 246 g/mol. The molecule has 0 aliphatic heterocycles. The molecule has 0 saturated heterocycles. The quantitative estimate of drug-likeness (QED) is 0.781. The van der Waals surface area contributed by atoms with Gasteiger partial charge in [-0.3, -0.25) is 0 Å². The number of hydrogen-bond donors (Lipinski definition) is 1. The van der Waals surface area contributed by atoms with Gasteiger partial charge in [0.15, 0.2) is 5.82 Å². The van der Waals surface area contributed by atoms with Gasteiger partial charge in [0, 0.05) is 38.2 Å². The van der Waals surface area contributed by atoms with Gasteiger partial charge >= 0.3 is 0 Å². The third-order valence-corrected chi connectivity index (χ3v) is 2.61. The van der Waals surface area contributed by atoms with Crippen LogP contribution in [0.25, 0.3) is 5.82 Å². The topological polar surface area (TPSA) is 52.0 Å². The molecule has 2 aromatic heterocycles. The molecule has 2 heterocycles. The molecule has 18 heavy (non-hydrogen) atoms. The van der Waals surface area contributed by atoms with Crippen molar-refractivity contribution in [1.29, 1.82) is 0 Å². The highest BCUT2D eigenvalue weighted by Crippen LogP contribution is 2.10. The Morgan fingerprint density at radius 2 is 2.28 bits per heavy atom. The minimum atomic E-state index is 0.705. The normalized spacial score (nSPS) is 10.8. The first-order valence-electron chi connectivity index (χ1n) is 5.97. The van der Waals surface area contributed by atoms with Crippen LogP contribution in [0.15, 0.2) is 30.6 Å². The van der Waals surface area contributed by atoms with Crippen molar-refractivity contribution in [1.82, 2.24) is 20.1 Å². The van der Waals surface area contributed by atoms with Crippen molar-refractivity contribution in [3.8, 4) is 5.82 Å².